The van der Waals surface area contributed by atoms with Crippen molar-refractivity contribution in [2.45, 2.75) is 25.8 Å². The van der Waals surface area contributed by atoms with Gasteiger partial charge in [-0.3, -0.25) is 0 Å². The third-order valence-corrected chi connectivity index (χ3v) is 2.53. The van der Waals surface area contributed by atoms with Gasteiger partial charge in [-0.15, -0.1) is 0 Å². The van der Waals surface area contributed by atoms with E-state index in [-0.39, 0.29) is 11.8 Å². The van der Waals surface area contributed by atoms with Gasteiger partial charge in [0.1, 0.15) is 0 Å². The van der Waals surface area contributed by atoms with Gasteiger partial charge in [0.25, 0.3) is 0 Å². The molecule has 0 heterocycles. The topological polar surface area (TPSA) is 64.7 Å². The molecule has 0 aromatic heterocycles. The monoisotopic (exact) mass is 225 g/mol. The normalized spacial score (nSPS) is 12.2. The largest absolute Gasteiger partial charge is 0.502 e. The Morgan fingerprint density at radius 2 is 1.75 bits per heavy atom. The third-order valence-electron chi connectivity index (χ3n) is 2.53. The number of phenolic OH excluding ortho intramolecular Hbond substituents is 1. The Bertz CT molecular complexity index is 327. The molecule has 0 saturated carbocycles. The number of rotatable bonds is 5. The van der Waals surface area contributed by atoms with Gasteiger partial charge in [0.15, 0.2) is 11.5 Å². The molecule has 0 amide bonds. The van der Waals surface area contributed by atoms with Crippen molar-refractivity contribution in [1.82, 2.24) is 0 Å². The molecule has 0 aliphatic rings. The van der Waals surface area contributed by atoms with Crippen LogP contribution in [-0.2, 0) is 0 Å². The van der Waals surface area contributed by atoms with E-state index in [1.807, 2.05) is 0 Å². The van der Waals surface area contributed by atoms with Crippen LogP contribution in [0.3, 0.4) is 0 Å². The SMILES string of the molecule is CCC[C@H](N)c1cc(OC)c(O)c(OC)c1. The predicted octanol–water partition coefficient (Wildman–Crippen LogP) is 2.21. The Morgan fingerprint density at radius 1 is 1.25 bits per heavy atom. The molecule has 90 valence electrons. The summed E-state index contributed by atoms with van der Waals surface area (Å²) in [7, 11) is 3.01. The smallest absolute Gasteiger partial charge is 0.200 e. The Hall–Kier alpha value is -1.42. The van der Waals surface area contributed by atoms with Crippen LogP contribution >= 0.6 is 0 Å². The summed E-state index contributed by atoms with van der Waals surface area (Å²) in [5.74, 6) is 0.791. The summed E-state index contributed by atoms with van der Waals surface area (Å²) in [4.78, 5) is 0. The fourth-order valence-corrected chi connectivity index (χ4v) is 1.61. The Morgan fingerprint density at radius 3 is 2.12 bits per heavy atom. The molecule has 4 nitrogen and oxygen atoms in total. The van der Waals surface area contributed by atoms with Gasteiger partial charge in [0, 0.05) is 6.04 Å². The number of phenols is 1. The average molecular weight is 225 g/mol. The van der Waals surface area contributed by atoms with Crippen molar-refractivity contribution in [3.05, 3.63) is 17.7 Å². The highest BCUT2D eigenvalue weighted by Gasteiger charge is 2.14. The van der Waals surface area contributed by atoms with Crippen molar-refractivity contribution in [1.29, 1.82) is 0 Å². The summed E-state index contributed by atoms with van der Waals surface area (Å²) in [6.07, 6.45) is 1.89. The quantitative estimate of drug-likeness (QED) is 0.806. The molecule has 16 heavy (non-hydrogen) atoms. The van der Waals surface area contributed by atoms with Crippen LogP contribution in [0.1, 0.15) is 31.4 Å². The zero-order valence-corrected chi connectivity index (χ0v) is 9.99. The van der Waals surface area contributed by atoms with Gasteiger partial charge in [-0.25, -0.2) is 0 Å². The van der Waals surface area contributed by atoms with E-state index in [0.29, 0.717) is 11.5 Å². The number of ether oxygens (including phenoxy) is 2. The average Bonchev–Trinajstić information content (AvgIpc) is 2.29. The number of hydrogen-bond acceptors (Lipinski definition) is 4. The maximum atomic E-state index is 9.73. The molecule has 0 radical (unpaired) electrons. The van der Waals surface area contributed by atoms with Crippen LogP contribution in [0, 0.1) is 0 Å². The number of aromatic hydroxyl groups is 1. The summed E-state index contributed by atoms with van der Waals surface area (Å²) < 4.78 is 10.1. The molecule has 1 rings (SSSR count). The molecule has 1 atom stereocenters. The van der Waals surface area contributed by atoms with Crippen LogP contribution in [-0.4, -0.2) is 19.3 Å². The number of hydrogen-bond donors (Lipinski definition) is 2. The van der Waals surface area contributed by atoms with Gasteiger partial charge in [-0.1, -0.05) is 13.3 Å². The minimum Gasteiger partial charge on any atom is -0.502 e. The maximum absolute atomic E-state index is 9.73. The van der Waals surface area contributed by atoms with E-state index in [9.17, 15) is 5.11 Å². The minimum absolute atomic E-state index is 0.0115. The predicted molar refractivity (Wildman–Crippen MR) is 63.0 cm³/mol. The molecule has 0 aliphatic heterocycles. The number of methoxy groups -OCH3 is 2. The lowest BCUT2D eigenvalue weighted by Crippen LogP contribution is -2.10. The van der Waals surface area contributed by atoms with Crippen LogP contribution < -0.4 is 15.2 Å². The van der Waals surface area contributed by atoms with Crippen molar-refractivity contribution in [2.75, 3.05) is 14.2 Å². The Balaban J connectivity index is 3.11. The molecular weight excluding hydrogens is 206 g/mol. The van der Waals surface area contributed by atoms with E-state index in [1.165, 1.54) is 14.2 Å². The van der Waals surface area contributed by atoms with Gasteiger partial charge in [-0.2, -0.15) is 0 Å². The number of nitrogens with two attached hydrogens (primary N) is 1. The van der Waals surface area contributed by atoms with E-state index in [2.05, 4.69) is 6.92 Å². The second-order valence-electron chi connectivity index (χ2n) is 3.67. The van der Waals surface area contributed by atoms with E-state index in [1.54, 1.807) is 12.1 Å². The summed E-state index contributed by atoms with van der Waals surface area (Å²) >= 11 is 0. The molecule has 0 saturated heterocycles. The van der Waals surface area contributed by atoms with Crippen molar-refractivity contribution in [3.63, 3.8) is 0 Å². The molecule has 0 unspecified atom stereocenters. The van der Waals surface area contributed by atoms with Crippen molar-refractivity contribution in [2.24, 2.45) is 5.73 Å². The molecule has 1 aromatic carbocycles. The first-order chi connectivity index (χ1) is 7.63. The third kappa shape index (κ3) is 2.58. The molecule has 4 heteroatoms. The molecule has 1 aromatic rings. The summed E-state index contributed by atoms with van der Waals surface area (Å²) in [5.41, 5.74) is 6.92. The Labute approximate surface area is 96.0 Å². The van der Waals surface area contributed by atoms with Gasteiger partial charge in [0.05, 0.1) is 14.2 Å². The fraction of sp³-hybridized carbons (Fsp3) is 0.500. The van der Waals surface area contributed by atoms with Crippen molar-refractivity contribution < 1.29 is 14.6 Å². The first kappa shape index (κ1) is 12.6. The molecule has 0 bridgehead atoms. The van der Waals surface area contributed by atoms with E-state index in [0.717, 1.165) is 18.4 Å². The summed E-state index contributed by atoms with van der Waals surface area (Å²) in [5, 5.41) is 9.73. The van der Waals surface area contributed by atoms with Crippen LogP contribution in [0.5, 0.6) is 17.2 Å². The Kier molecular flexibility index (Phi) is 4.43. The highest BCUT2D eigenvalue weighted by atomic mass is 16.5. The van der Waals surface area contributed by atoms with Crippen molar-refractivity contribution in [3.8, 4) is 17.2 Å². The lowest BCUT2D eigenvalue weighted by molar-refractivity contribution is 0.338. The first-order valence-corrected chi connectivity index (χ1v) is 5.34. The molecule has 0 spiro atoms. The zero-order valence-electron chi connectivity index (χ0n) is 9.99. The van der Waals surface area contributed by atoms with E-state index < -0.39 is 0 Å². The summed E-state index contributed by atoms with van der Waals surface area (Å²) in [6, 6.07) is 3.43. The maximum Gasteiger partial charge on any atom is 0.200 e. The van der Waals surface area contributed by atoms with Crippen molar-refractivity contribution >= 4 is 0 Å². The van der Waals surface area contributed by atoms with E-state index >= 15 is 0 Å². The van der Waals surface area contributed by atoms with Crippen LogP contribution in [0.15, 0.2) is 12.1 Å². The lowest BCUT2D eigenvalue weighted by Gasteiger charge is -2.15. The second-order valence-corrected chi connectivity index (χ2v) is 3.67. The fourth-order valence-electron chi connectivity index (χ4n) is 1.61. The second kappa shape index (κ2) is 5.61. The van der Waals surface area contributed by atoms with Crippen LogP contribution in [0.4, 0.5) is 0 Å². The van der Waals surface area contributed by atoms with Gasteiger partial charge >= 0.3 is 0 Å². The summed E-state index contributed by atoms with van der Waals surface area (Å²) in [6.45, 7) is 2.08. The van der Waals surface area contributed by atoms with Gasteiger partial charge in [0.2, 0.25) is 5.75 Å². The van der Waals surface area contributed by atoms with E-state index in [4.69, 9.17) is 15.2 Å². The van der Waals surface area contributed by atoms with Gasteiger partial charge < -0.3 is 20.3 Å². The molecule has 0 aliphatic carbocycles. The molecule has 0 fully saturated rings. The first-order valence-electron chi connectivity index (χ1n) is 5.34. The minimum atomic E-state index is -0.0617. The molecule has 3 N–H and O–H groups in total. The van der Waals surface area contributed by atoms with Crippen LogP contribution in [0.2, 0.25) is 0 Å². The standard InChI is InChI=1S/C12H19NO3/c1-4-5-9(13)8-6-10(15-2)12(14)11(7-8)16-3/h6-7,9,14H,4-5,13H2,1-3H3/t9-/m0/s1. The molecular formula is C12H19NO3. The van der Waals surface area contributed by atoms with Crippen LogP contribution in [0.25, 0.3) is 0 Å². The number of benzene rings is 1. The zero-order chi connectivity index (χ0) is 12.1. The highest BCUT2D eigenvalue weighted by molar-refractivity contribution is 5.53. The lowest BCUT2D eigenvalue weighted by atomic mass is 10.0. The highest BCUT2D eigenvalue weighted by Crippen LogP contribution is 2.38. The van der Waals surface area contributed by atoms with Gasteiger partial charge in [-0.05, 0) is 24.1 Å².